The Labute approximate surface area is 119 Å². The number of nitrogens with two attached hydrogens (primary N) is 1. The lowest BCUT2D eigenvalue weighted by Crippen LogP contribution is -2.37. The van der Waals surface area contributed by atoms with Crippen molar-refractivity contribution in [3.63, 3.8) is 0 Å². The van der Waals surface area contributed by atoms with Crippen molar-refractivity contribution >= 4 is 17.5 Å². The van der Waals surface area contributed by atoms with E-state index in [1.54, 1.807) is 24.3 Å². The second-order valence-electron chi connectivity index (χ2n) is 4.81. The Bertz CT molecular complexity index is 443. The molecule has 1 aromatic rings. The molecule has 0 radical (unpaired) electrons. The Morgan fingerprint density at radius 2 is 1.80 bits per heavy atom. The fourth-order valence-corrected chi connectivity index (χ4v) is 1.58. The zero-order valence-corrected chi connectivity index (χ0v) is 12.0. The van der Waals surface area contributed by atoms with Crippen molar-refractivity contribution in [2.75, 3.05) is 39.5 Å². The van der Waals surface area contributed by atoms with Crippen LogP contribution in [0.15, 0.2) is 24.3 Å². The molecule has 20 heavy (non-hydrogen) atoms. The lowest BCUT2D eigenvalue weighted by Gasteiger charge is -2.10. The van der Waals surface area contributed by atoms with Crippen LogP contribution >= 0.6 is 0 Å². The van der Waals surface area contributed by atoms with Gasteiger partial charge < -0.3 is 21.3 Å². The number of hydrogen-bond donors (Lipinski definition) is 3. The zero-order chi connectivity index (χ0) is 15.0. The van der Waals surface area contributed by atoms with E-state index in [4.69, 9.17) is 5.73 Å². The van der Waals surface area contributed by atoms with Gasteiger partial charge >= 0.3 is 0 Å². The molecular formula is C14H22N4O2. The lowest BCUT2D eigenvalue weighted by molar-refractivity contribution is -0.120. The quantitative estimate of drug-likeness (QED) is 0.486. The normalized spacial score (nSPS) is 10.3. The number of anilines is 1. The number of nitrogens with one attached hydrogen (secondary N) is 2. The molecular weight excluding hydrogens is 256 g/mol. The van der Waals surface area contributed by atoms with Crippen LogP contribution in [-0.2, 0) is 4.79 Å². The fraction of sp³-hybridized carbons (Fsp3) is 0.429. The summed E-state index contributed by atoms with van der Waals surface area (Å²) >= 11 is 0. The van der Waals surface area contributed by atoms with E-state index in [0.29, 0.717) is 17.8 Å². The van der Waals surface area contributed by atoms with Crippen molar-refractivity contribution in [1.29, 1.82) is 0 Å². The highest BCUT2D eigenvalue weighted by Gasteiger charge is 2.07. The van der Waals surface area contributed by atoms with Crippen molar-refractivity contribution in [1.82, 2.24) is 15.5 Å². The van der Waals surface area contributed by atoms with Crippen LogP contribution in [0.4, 0.5) is 5.69 Å². The summed E-state index contributed by atoms with van der Waals surface area (Å²) in [5.41, 5.74) is 6.62. The number of carbonyl (C=O) groups is 2. The molecule has 4 N–H and O–H groups in total. The van der Waals surface area contributed by atoms with Gasteiger partial charge in [0.2, 0.25) is 5.91 Å². The van der Waals surface area contributed by atoms with Crippen molar-refractivity contribution in [3.8, 4) is 0 Å². The van der Waals surface area contributed by atoms with Crippen LogP contribution < -0.4 is 16.4 Å². The number of hydrogen-bond acceptors (Lipinski definition) is 4. The first-order valence-electron chi connectivity index (χ1n) is 6.54. The first-order chi connectivity index (χ1) is 9.49. The van der Waals surface area contributed by atoms with Gasteiger partial charge in [0.1, 0.15) is 0 Å². The van der Waals surface area contributed by atoms with Gasteiger partial charge in [0.05, 0.1) is 6.54 Å². The molecule has 0 spiro atoms. The Morgan fingerprint density at radius 3 is 2.40 bits per heavy atom. The number of nitrogen functional groups attached to an aromatic ring is 1. The molecule has 1 aromatic carbocycles. The summed E-state index contributed by atoms with van der Waals surface area (Å²) in [6.07, 6.45) is 0.880. The van der Waals surface area contributed by atoms with Crippen molar-refractivity contribution in [3.05, 3.63) is 29.8 Å². The topological polar surface area (TPSA) is 87.5 Å². The predicted molar refractivity (Wildman–Crippen MR) is 79.4 cm³/mol. The van der Waals surface area contributed by atoms with Crippen molar-refractivity contribution < 1.29 is 9.59 Å². The summed E-state index contributed by atoms with van der Waals surface area (Å²) in [5.74, 6) is -0.471. The van der Waals surface area contributed by atoms with E-state index in [1.807, 2.05) is 14.1 Å². The summed E-state index contributed by atoms with van der Waals surface area (Å²) < 4.78 is 0. The Morgan fingerprint density at radius 1 is 1.15 bits per heavy atom. The molecule has 2 amide bonds. The Balaban J connectivity index is 2.23. The average Bonchev–Trinajstić information content (AvgIpc) is 2.41. The molecule has 0 atom stereocenters. The largest absolute Gasteiger partial charge is 0.399 e. The molecule has 6 heteroatoms. The van der Waals surface area contributed by atoms with E-state index in [1.165, 1.54) is 0 Å². The smallest absolute Gasteiger partial charge is 0.251 e. The monoisotopic (exact) mass is 278 g/mol. The Hall–Kier alpha value is -2.08. The number of rotatable bonds is 7. The highest BCUT2D eigenvalue weighted by atomic mass is 16.2. The van der Waals surface area contributed by atoms with E-state index < -0.39 is 0 Å². The number of nitrogens with zero attached hydrogens (tertiary/aromatic N) is 1. The van der Waals surface area contributed by atoms with Crippen LogP contribution in [-0.4, -0.2) is 50.4 Å². The zero-order valence-electron chi connectivity index (χ0n) is 12.0. The number of benzene rings is 1. The predicted octanol–water partition coefficient (Wildman–Crippen LogP) is 0.0665. The third kappa shape index (κ3) is 6.19. The molecule has 110 valence electrons. The third-order valence-electron chi connectivity index (χ3n) is 2.69. The van der Waals surface area contributed by atoms with Gasteiger partial charge in [0, 0.05) is 17.8 Å². The van der Waals surface area contributed by atoms with Crippen LogP contribution in [0.3, 0.4) is 0 Å². The van der Waals surface area contributed by atoms with Gasteiger partial charge in [0.25, 0.3) is 5.91 Å². The molecule has 0 fully saturated rings. The molecule has 0 aliphatic heterocycles. The van der Waals surface area contributed by atoms with E-state index in [9.17, 15) is 9.59 Å². The second kappa shape index (κ2) is 8.16. The molecule has 0 aliphatic rings. The fourth-order valence-electron chi connectivity index (χ4n) is 1.58. The van der Waals surface area contributed by atoms with Gasteiger partial charge in [-0.05, 0) is 51.3 Å². The van der Waals surface area contributed by atoms with E-state index in [2.05, 4.69) is 15.5 Å². The maximum atomic E-state index is 11.7. The minimum absolute atomic E-state index is 0.0226. The van der Waals surface area contributed by atoms with Gasteiger partial charge in [-0.3, -0.25) is 9.59 Å². The van der Waals surface area contributed by atoms with Crippen LogP contribution in [0.25, 0.3) is 0 Å². The van der Waals surface area contributed by atoms with Gasteiger partial charge in [0.15, 0.2) is 0 Å². The summed E-state index contributed by atoms with van der Waals surface area (Å²) in [5, 5.41) is 5.32. The average molecular weight is 278 g/mol. The van der Waals surface area contributed by atoms with Gasteiger partial charge in [-0.15, -0.1) is 0 Å². The highest BCUT2D eigenvalue weighted by molar-refractivity contribution is 5.96. The van der Waals surface area contributed by atoms with E-state index in [-0.39, 0.29) is 18.4 Å². The van der Waals surface area contributed by atoms with Crippen LogP contribution in [0.2, 0.25) is 0 Å². The molecule has 0 heterocycles. The van der Waals surface area contributed by atoms with E-state index in [0.717, 1.165) is 13.0 Å². The van der Waals surface area contributed by atoms with Gasteiger partial charge in [-0.2, -0.15) is 0 Å². The highest BCUT2D eigenvalue weighted by Crippen LogP contribution is 2.04. The van der Waals surface area contributed by atoms with Crippen molar-refractivity contribution in [2.45, 2.75) is 6.42 Å². The molecule has 0 saturated heterocycles. The third-order valence-corrected chi connectivity index (χ3v) is 2.69. The summed E-state index contributed by atoms with van der Waals surface area (Å²) in [4.78, 5) is 25.3. The van der Waals surface area contributed by atoms with Crippen LogP contribution in [0, 0.1) is 0 Å². The molecule has 0 aliphatic carbocycles. The molecule has 0 unspecified atom stereocenters. The molecule has 0 bridgehead atoms. The van der Waals surface area contributed by atoms with Gasteiger partial charge in [-0.1, -0.05) is 0 Å². The number of carbonyl (C=O) groups excluding carboxylic acids is 2. The maximum Gasteiger partial charge on any atom is 0.251 e. The molecule has 6 nitrogen and oxygen atoms in total. The van der Waals surface area contributed by atoms with E-state index >= 15 is 0 Å². The molecule has 1 rings (SSSR count). The summed E-state index contributed by atoms with van der Waals surface area (Å²) in [7, 11) is 3.96. The van der Waals surface area contributed by atoms with Crippen LogP contribution in [0.1, 0.15) is 16.8 Å². The minimum Gasteiger partial charge on any atom is -0.399 e. The summed E-state index contributed by atoms with van der Waals surface area (Å²) in [6.45, 7) is 1.50. The maximum absolute atomic E-state index is 11.7. The number of amides is 2. The minimum atomic E-state index is -0.284. The van der Waals surface area contributed by atoms with Gasteiger partial charge in [-0.25, -0.2) is 0 Å². The molecule has 0 aromatic heterocycles. The Kier molecular flexibility index (Phi) is 6.52. The first kappa shape index (κ1) is 16.0. The lowest BCUT2D eigenvalue weighted by atomic mass is 10.2. The second-order valence-corrected chi connectivity index (χ2v) is 4.81. The van der Waals surface area contributed by atoms with Crippen molar-refractivity contribution in [2.24, 2.45) is 0 Å². The first-order valence-corrected chi connectivity index (χ1v) is 6.54. The summed E-state index contributed by atoms with van der Waals surface area (Å²) in [6, 6.07) is 6.55. The molecule has 0 saturated carbocycles. The SMILES string of the molecule is CN(C)CCCNC(=O)CNC(=O)c1ccc(N)cc1. The van der Waals surface area contributed by atoms with Crippen LogP contribution in [0.5, 0.6) is 0 Å². The standard InChI is InChI=1S/C14H22N4O2/c1-18(2)9-3-8-16-13(19)10-17-14(20)11-4-6-12(15)7-5-11/h4-7H,3,8-10,15H2,1-2H3,(H,16,19)(H,17,20).